The zero-order valence-corrected chi connectivity index (χ0v) is 11.4. The van der Waals surface area contributed by atoms with Crippen LogP contribution < -0.4 is 0 Å². The van der Waals surface area contributed by atoms with Crippen LogP contribution in [0.1, 0.15) is 58.2 Å². The largest absolute Gasteiger partial charge is 0.341 e. The summed E-state index contributed by atoms with van der Waals surface area (Å²) >= 11 is 0. The molecule has 0 aromatic carbocycles. The zero-order valence-electron chi connectivity index (χ0n) is 10.5. The predicted molar refractivity (Wildman–Crippen MR) is 62.7 cm³/mol. The molecule has 0 unspecified atom stereocenters. The quantitative estimate of drug-likeness (QED) is 0.791. The van der Waals surface area contributed by atoms with Crippen molar-refractivity contribution in [3.63, 3.8) is 0 Å². The van der Waals surface area contributed by atoms with Crippen molar-refractivity contribution in [2.75, 3.05) is 0 Å². The van der Waals surface area contributed by atoms with Crippen molar-refractivity contribution in [3.05, 3.63) is 11.7 Å². The molecule has 0 aliphatic rings. The summed E-state index contributed by atoms with van der Waals surface area (Å²) in [7, 11) is -4.34. The van der Waals surface area contributed by atoms with E-state index in [0.29, 0.717) is 5.82 Å². The monoisotopic (exact) mass is 262 g/mol. The Morgan fingerprint density at radius 2 is 1.88 bits per heavy atom. The van der Waals surface area contributed by atoms with E-state index in [0.717, 1.165) is 0 Å². The summed E-state index contributed by atoms with van der Waals surface area (Å²) in [5.74, 6) is 0.579. The molecule has 0 amide bonds. The van der Waals surface area contributed by atoms with E-state index in [-0.39, 0.29) is 24.7 Å². The van der Waals surface area contributed by atoms with Crippen molar-refractivity contribution in [3.8, 4) is 0 Å². The maximum Gasteiger partial charge on any atom is 0.341 e. The maximum absolute atomic E-state index is 11.7. The molecule has 1 heterocycles. The Morgan fingerprint density at radius 3 is 2.18 bits per heavy atom. The van der Waals surface area contributed by atoms with Crippen LogP contribution in [-0.2, 0) is 9.72 Å². The summed E-state index contributed by atoms with van der Waals surface area (Å²) < 4.78 is 16.7. The third-order valence-corrected chi connectivity index (χ3v) is 5.02. The third kappa shape index (κ3) is 2.44. The van der Waals surface area contributed by atoms with Gasteiger partial charge in [0.1, 0.15) is 0 Å². The molecule has 2 N–H and O–H groups in total. The lowest BCUT2D eigenvalue weighted by molar-refractivity contribution is 0.263. The third-order valence-electron chi connectivity index (χ3n) is 3.08. The second-order valence-corrected chi connectivity index (χ2v) is 6.34. The number of aromatic nitrogens is 2. The summed E-state index contributed by atoms with van der Waals surface area (Å²) in [6, 6.07) is 0. The van der Waals surface area contributed by atoms with Gasteiger partial charge < -0.3 is 14.3 Å². The molecular formula is C10H19N2O4P. The highest BCUT2D eigenvalue weighted by molar-refractivity contribution is 7.53. The van der Waals surface area contributed by atoms with Crippen molar-refractivity contribution in [2.24, 2.45) is 0 Å². The summed E-state index contributed by atoms with van der Waals surface area (Å²) in [5, 5.41) is 2.41. The van der Waals surface area contributed by atoms with Crippen molar-refractivity contribution in [2.45, 2.75) is 51.6 Å². The molecule has 1 rings (SSSR count). The van der Waals surface area contributed by atoms with Gasteiger partial charge in [0, 0.05) is 5.92 Å². The lowest BCUT2D eigenvalue weighted by Crippen LogP contribution is -2.25. The SMILES string of the molecule is CCC(CC)(c1nc(C(C)C)no1)P(=O)(O)O. The highest BCUT2D eigenvalue weighted by atomic mass is 31.2. The Balaban J connectivity index is 3.28. The highest BCUT2D eigenvalue weighted by Gasteiger charge is 2.50. The van der Waals surface area contributed by atoms with Crippen molar-refractivity contribution in [1.29, 1.82) is 0 Å². The van der Waals surface area contributed by atoms with Gasteiger partial charge in [0.05, 0.1) is 0 Å². The topological polar surface area (TPSA) is 96.5 Å². The molecule has 7 heteroatoms. The molecule has 17 heavy (non-hydrogen) atoms. The Kier molecular flexibility index (Phi) is 4.12. The minimum atomic E-state index is -4.34. The van der Waals surface area contributed by atoms with Crippen LogP contribution in [-0.4, -0.2) is 19.9 Å². The van der Waals surface area contributed by atoms with Gasteiger partial charge in [0.2, 0.25) is 5.89 Å². The van der Waals surface area contributed by atoms with E-state index in [9.17, 15) is 14.4 Å². The molecule has 0 radical (unpaired) electrons. The normalized spacial score (nSPS) is 13.4. The van der Waals surface area contributed by atoms with Gasteiger partial charge in [0.25, 0.3) is 0 Å². The molecule has 0 bridgehead atoms. The van der Waals surface area contributed by atoms with Crippen LogP contribution in [0.3, 0.4) is 0 Å². The van der Waals surface area contributed by atoms with Gasteiger partial charge in [-0.15, -0.1) is 0 Å². The summed E-state index contributed by atoms with van der Waals surface area (Å²) in [6.07, 6.45) is 0.515. The summed E-state index contributed by atoms with van der Waals surface area (Å²) in [6.45, 7) is 7.21. The van der Waals surface area contributed by atoms with Crippen molar-refractivity contribution >= 4 is 7.60 Å². The lowest BCUT2D eigenvalue weighted by Gasteiger charge is -2.27. The molecular weight excluding hydrogens is 243 g/mol. The van der Waals surface area contributed by atoms with Gasteiger partial charge in [0.15, 0.2) is 11.0 Å². The van der Waals surface area contributed by atoms with Crippen LogP contribution in [0.25, 0.3) is 0 Å². The molecule has 0 aliphatic heterocycles. The van der Waals surface area contributed by atoms with Crippen molar-refractivity contribution < 1.29 is 18.9 Å². The Bertz CT molecular complexity index is 420. The predicted octanol–water partition coefficient (Wildman–Crippen LogP) is 2.39. The van der Waals surface area contributed by atoms with E-state index in [2.05, 4.69) is 10.1 Å². The van der Waals surface area contributed by atoms with Crippen LogP contribution in [0.15, 0.2) is 4.52 Å². The standard InChI is InChI=1S/C10H19N2O4P/c1-5-10(6-2,17(13,14)15)9-11-8(7(3)4)12-16-9/h7H,5-6H2,1-4H3,(H2,13,14,15). The maximum atomic E-state index is 11.7. The molecule has 0 saturated carbocycles. The molecule has 1 aromatic rings. The van der Waals surface area contributed by atoms with Crippen LogP contribution in [0.2, 0.25) is 0 Å². The second-order valence-electron chi connectivity index (χ2n) is 4.40. The van der Waals surface area contributed by atoms with Gasteiger partial charge in [-0.25, -0.2) is 0 Å². The smallest absolute Gasteiger partial charge is 0.338 e. The minimum Gasteiger partial charge on any atom is -0.338 e. The fraction of sp³-hybridized carbons (Fsp3) is 0.800. The van der Waals surface area contributed by atoms with E-state index in [4.69, 9.17) is 4.52 Å². The molecule has 0 spiro atoms. The first-order valence-electron chi connectivity index (χ1n) is 5.68. The second kappa shape index (κ2) is 4.88. The molecule has 1 aromatic heterocycles. The summed E-state index contributed by atoms with van der Waals surface area (Å²) in [5.41, 5.74) is 0. The number of hydrogen-bond acceptors (Lipinski definition) is 4. The molecule has 6 nitrogen and oxygen atoms in total. The Labute approximate surface area is 101 Å². The van der Waals surface area contributed by atoms with E-state index in [1.54, 1.807) is 13.8 Å². The first kappa shape index (κ1) is 14.4. The van der Waals surface area contributed by atoms with Gasteiger partial charge in [-0.3, -0.25) is 4.57 Å². The number of nitrogens with zero attached hydrogens (tertiary/aromatic N) is 2. The Morgan fingerprint density at radius 1 is 1.35 bits per heavy atom. The zero-order chi connectivity index (χ0) is 13.3. The van der Waals surface area contributed by atoms with Gasteiger partial charge >= 0.3 is 7.60 Å². The highest BCUT2D eigenvalue weighted by Crippen LogP contribution is 2.60. The molecule has 98 valence electrons. The van der Waals surface area contributed by atoms with E-state index >= 15 is 0 Å². The summed E-state index contributed by atoms with van der Waals surface area (Å²) in [4.78, 5) is 23.1. The van der Waals surface area contributed by atoms with E-state index < -0.39 is 12.8 Å². The van der Waals surface area contributed by atoms with Gasteiger partial charge in [-0.2, -0.15) is 4.98 Å². The van der Waals surface area contributed by atoms with E-state index in [1.165, 1.54) is 0 Å². The average molecular weight is 262 g/mol. The molecule has 0 atom stereocenters. The van der Waals surface area contributed by atoms with E-state index in [1.807, 2.05) is 13.8 Å². The Hall–Kier alpha value is -0.710. The first-order valence-corrected chi connectivity index (χ1v) is 7.29. The van der Waals surface area contributed by atoms with Crippen LogP contribution in [0, 0.1) is 0 Å². The fourth-order valence-corrected chi connectivity index (χ4v) is 2.91. The van der Waals surface area contributed by atoms with Crippen LogP contribution in [0.4, 0.5) is 0 Å². The fourth-order valence-electron chi connectivity index (χ4n) is 1.75. The lowest BCUT2D eigenvalue weighted by atomic mass is 10.0. The number of hydrogen-bond donors (Lipinski definition) is 2. The average Bonchev–Trinajstić information content (AvgIpc) is 2.68. The van der Waals surface area contributed by atoms with Gasteiger partial charge in [-0.1, -0.05) is 32.9 Å². The van der Waals surface area contributed by atoms with Crippen molar-refractivity contribution in [1.82, 2.24) is 10.1 Å². The van der Waals surface area contributed by atoms with Crippen LogP contribution in [0.5, 0.6) is 0 Å². The minimum absolute atomic E-state index is 0.0412. The molecule has 0 aliphatic carbocycles. The first-order chi connectivity index (χ1) is 7.78. The molecule has 0 saturated heterocycles. The molecule has 0 fully saturated rings. The van der Waals surface area contributed by atoms with Gasteiger partial charge in [-0.05, 0) is 12.8 Å². The van der Waals surface area contributed by atoms with Crippen LogP contribution >= 0.6 is 7.60 Å². The number of rotatable bonds is 5.